The van der Waals surface area contributed by atoms with Crippen LogP contribution in [0.1, 0.15) is 125 Å². The van der Waals surface area contributed by atoms with Gasteiger partial charge in [0.05, 0.1) is 29.4 Å². The van der Waals surface area contributed by atoms with Crippen molar-refractivity contribution in [3.63, 3.8) is 0 Å². The molecule has 0 aromatic heterocycles. The van der Waals surface area contributed by atoms with E-state index in [0.29, 0.717) is 48.3 Å². The van der Waals surface area contributed by atoms with E-state index in [1.165, 1.54) is 49.9 Å². The third-order valence-corrected chi connectivity index (χ3v) is 12.6. The SMILES string of the molecule is CC(C)=CCCC1(C)C=Cc2c(O)c3c(c(CC=C(C)C)c2O1)OC12C(=CCCC1C(C)(C)OC2(CC=C(C)C(=O)O)C(=O)O)C3=O.COc1ccc(C(=O)c2ccccc2O)c(O)c1. The zero-order valence-corrected chi connectivity index (χ0v) is 38.3. The van der Waals surface area contributed by atoms with E-state index < -0.39 is 51.8 Å². The standard InChI is InChI=1S/C38H46O9.C14H12O4/c1-21(2)11-10-18-36(8)19-17-24-29(39)28-30(40)26-12-9-13-27-35(6,7)47-37(34(43)44,20-16-23(5)33(41)42)38(26,27)46-32(28)25(31(24)45-36)15-14-22(3)4;1-18-9-6-7-11(13(16)8-9)14(17)10-4-2-3-5-12(10)15/h11-12,14,16-17,19,27,39H,9-10,13,15,18,20H2,1-8H3,(H,41,42)(H,43,44);2-8,15-16H,1H3. The van der Waals surface area contributed by atoms with Crippen molar-refractivity contribution in [3.05, 3.63) is 123 Å². The third-order valence-electron chi connectivity index (χ3n) is 12.6. The lowest BCUT2D eigenvalue weighted by molar-refractivity contribution is -0.184. The van der Waals surface area contributed by atoms with Gasteiger partial charge in [0.25, 0.3) is 0 Å². The molecule has 1 saturated heterocycles. The molecule has 1 aliphatic carbocycles. The second-order valence-corrected chi connectivity index (χ2v) is 18.2. The molecule has 3 heterocycles. The van der Waals surface area contributed by atoms with Gasteiger partial charge >= 0.3 is 11.9 Å². The van der Waals surface area contributed by atoms with Gasteiger partial charge in [-0.05, 0) is 124 Å². The van der Waals surface area contributed by atoms with Crippen molar-refractivity contribution < 1.29 is 63.7 Å². The molecular weight excluding hydrogens is 833 g/mol. The number of carboxylic acids is 2. The molecule has 65 heavy (non-hydrogen) atoms. The van der Waals surface area contributed by atoms with Crippen molar-refractivity contribution in [2.45, 2.75) is 116 Å². The lowest BCUT2D eigenvalue weighted by atomic mass is 9.60. The average molecular weight is 891 g/mol. The lowest BCUT2D eigenvalue weighted by Gasteiger charge is -2.50. The molecule has 0 amide bonds. The zero-order chi connectivity index (χ0) is 47.8. The van der Waals surface area contributed by atoms with Crippen molar-refractivity contribution in [1.29, 1.82) is 0 Å². The van der Waals surface area contributed by atoms with E-state index in [2.05, 4.69) is 6.08 Å². The van der Waals surface area contributed by atoms with Crippen LogP contribution in [0.4, 0.5) is 0 Å². The fraction of sp³-hybridized carbons (Fsp3) is 0.385. The Morgan fingerprint density at radius 2 is 1.54 bits per heavy atom. The van der Waals surface area contributed by atoms with Gasteiger partial charge in [0, 0.05) is 35.1 Å². The maximum atomic E-state index is 14.7. The number of Topliss-reactive ketones (excluding diaryl/α,β-unsaturated/α-hetero) is 1. The molecule has 3 aliphatic heterocycles. The molecule has 4 aliphatic rings. The van der Waals surface area contributed by atoms with Crippen LogP contribution in [0.2, 0.25) is 0 Å². The smallest absolute Gasteiger partial charge is 0.340 e. The van der Waals surface area contributed by atoms with Crippen LogP contribution in [0.25, 0.3) is 6.08 Å². The molecule has 3 aromatic rings. The number of ether oxygens (including phenoxy) is 4. The minimum Gasteiger partial charge on any atom is -0.507 e. The summed E-state index contributed by atoms with van der Waals surface area (Å²) in [5.74, 6) is -3.80. The van der Waals surface area contributed by atoms with Crippen molar-refractivity contribution >= 4 is 29.6 Å². The van der Waals surface area contributed by atoms with Crippen LogP contribution in [0, 0.1) is 5.92 Å². The maximum Gasteiger partial charge on any atom is 0.340 e. The largest absolute Gasteiger partial charge is 0.507 e. The van der Waals surface area contributed by atoms with Crippen molar-refractivity contribution in [3.8, 4) is 34.5 Å². The number of allylic oxidation sites excluding steroid dienone is 5. The van der Waals surface area contributed by atoms with Crippen LogP contribution in [0.5, 0.6) is 34.5 Å². The summed E-state index contributed by atoms with van der Waals surface area (Å²) in [6.45, 7) is 14.9. The number of rotatable bonds is 12. The van der Waals surface area contributed by atoms with E-state index in [1.54, 1.807) is 44.2 Å². The molecule has 5 N–H and O–H groups in total. The van der Waals surface area contributed by atoms with E-state index in [0.717, 1.165) is 12.0 Å². The first kappa shape index (κ1) is 47.9. The Morgan fingerprint density at radius 3 is 2.15 bits per heavy atom. The topological polar surface area (TPSA) is 206 Å². The normalized spacial score (nSPS) is 23.3. The van der Waals surface area contributed by atoms with Gasteiger partial charge in [-0.15, -0.1) is 0 Å². The minimum absolute atomic E-state index is 0.0407. The highest BCUT2D eigenvalue weighted by molar-refractivity contribution is 6.17. The second-order valence-electron chi connectivity index (χ2n) is 18.2. The average Bonchev–Trinajstić information content (AvgIpc) is 3.44. The summed E-state index contributed by atoms with van der Waals surface area (Å²) in [4.78, 5) is 52.2. The van der Waals surface area contributed by atoms with Crippen molar-refractivity contribution in [2.24, 2.45) is 5.92 Å². The van der Waals surface area contributed by atoms with Crippen LogP contribution < -0.4 is 14.2 Å². The summed E-state index contributed by atoms with van der Waals surface area (Å²) in [7, 11) is 1.47. The Bertz CT molecular complexity index is 2600. The number of carboxylic acid groups (broad SMARTS) is 2. The number of aliphatic carboxylic acids is 2. The fourth-order valence-corrected chi connectivity index (χ4v) is 9.30. The minimum atomic E-state index is -2.16. The molecule has 0 saturated carbocycles. The number of hydrogen-bond donors (Lipinski definition) is 5. The zero-order valence-electron chi connectivity index (χ0n) is 38.3. The van der Waals surface area contributed by atoms with E-state index >= 15 is 0 Å². The molecule has 3 aromatic carbocycles. The fourth-order valence-electron chi connectivity index (χ4n) is 9.30. The van der Waals surface area contributed by atoms with Crippen LogP contribution in [-0.4, -0.2) is 78.6 Å². The summed E-state index contributed by atoms with van der Waals surface area (Å²) in [6, 6.07) is 10.6. The van der Waals surface area contributed by atoms with Crippen LogP contribution >= 0.6 is 0 Å². The molecule has 13 heteroatoms. The van der Waals surface area contributed by atoms with Crippen LogP contribution in [0.3, 0.4) is 0 Å². The highest BCUT2D eigenvalue weighted by atomic mass is 16.6. The highest BCUT2D eigenvalue weighted by Gasteiger charge is 2.77. The van der Waals surface area contributed by atoms with Gasteiger partial charge in [-0.1, -0.05) is 47.6 Å². The molecule has 0 radical (unpaired) electrons. The first-order valence-electron chi connectivity index (χ1n) is 21.6. The van der Waals surface area contributed by atoms with Crippen LogP contribution in [0.15, 0.2) is 95.1 Å². The number of ketones is 2. The third kappa shape index (κ3) is 8.69. The number of benzene rings is 3. The predicted molar refractivity (Wildman–Crippen MR) is 244 cm³/mol. The number of methoxy groups -OCH3 is 1. The Hall–Kier alpha value is -6.60. The molecule has 1 fully saturated rings. The van der Waals surface area contributed by atoms with Crippen LogP contribution in [-0.2, 0) is 20.7 Å². The van der Waals surface area contributed by atoms with E-state index in [9.17, 15) is 44.7 Å². The molecule has 1 spiro atoms. The number of hydrogen-bond acceptors (Lipinski definition) is 11. The number of fused-ring (bicyclic) bond motifs is 2. The molecule has 0 bridgehead atoms. The highest BCUT2D eigenvalue weighted by Crippen LogP contribution is 2.64. The molecule has 4 unspecified atom stereocenters. The van der Waals surface area contributed by atoms with Crippen molar-refractivity contribution in [1.82, 2.24) is 0 Å². The van der Waals surface area contributed by atoms with Crippen molar-refractivity contribution in [2.75, 3.05) is 7.11 Å². The molecule has 7 rings (SSSR count). The summed E-state index contributed by atoms with van der Waals surface area (Å²) >= 11 is 0. The number of phenols is 3. The number of carbonyl (C=O) groups excluding carboxylic acids is 2. The lowest BCUT2D eigenvalue weighted by Crippen LogP contribution is -2.66. The first-order valence-corrected chi connectivity index (χ1v) is 21.6. The van der Waals surface area contributed by atoms with Gasteiger partial charge < -0.3 is 44.5 Å². The van der Waals surface area contributed by atoms with Gasteiger partial charge in [0.15, 0.2) is 17.2 Å². The maximum absolute atomic E-state index is 14.7. The summed E-state index contributed by atoms with van der Waals surface area (Å²) in [5.41, 5.74) is -2.40. The number of carbonyl (C=O) groups is 4. The number of para-hydroxylation sites is 1. The Kier molecular flexibility index (Phi) is 13.3. The number of aromatic hydroxyl groups is 3. The first-order chi connectivity index (χ1) is 30.5. The monoisotopic (exact) mass is 890 g/mol. The van der Waals surface area contributed by atoms with Gasteiger partial charge in [-0.2, -0.15) is 0 Å². The summed E-state index contributed by atoms with van der Waals surface area (Å²) < 4.78 is 25.2. The second kappa shape index (κ2) is 18.1. The Labute approximate surface area is 379 Å². The molecule has 4 atom stereocenters. The number of phenolic OH excluding ortho intramolecular Hbond substituents is 3. The van der Waals surface area contributed by atoms with Gasteiger partial charge in [0.1, 0.15) is 45.7 Å². The summed E-state index contributed by atoms with van der Waals surface area (Å²) in [5, 5.41) is 51.8. The van der Waals surface area contributed by atoms with Gasteiger partial charge in [-0.25, -0.2) is 9.59 Å². The van der Waals surface area contributed by atoms with Gasteiger partial charge in [-0.3, -0.25) is 9.59 Å². The van der Waals surface area contributed by atoms with E-state index in [1.807, 2.05) is 46.8 Å². The molecule has 344 valence electrons. The predicted octanol–water partition coefficient (Wildman–Crippen LogP) is 9.85. The summed E-state index contributed by atoms with van der Waals surface area (Å²) in [6.07, 6.45) is 13.1. The Morgan fingerprint density at radius 1 is 0.862 bits per heavy atom. The molecular formula is C52H58O13. The Balaban J connectivity index is 0.000000324. The van der Waals surface area contributed by atoms with E-state index in [4.69, 9.17) is 18.9 Å². The quantitative estimate of drug-likeness (QED) is 0.0653. The molecule has 13 nitrogen and oxygen atoms in total. The van der Waals surface area contributed by atoms with E-state index in [-0.39, 0.29) is 57.3 Å². The van der Waals surface area contributed by atoms with Gasteiger partial charge in [0.2, 0.25) is 5.60 Å².